The number of nitrogens with zero attached hydrogens (tertiary/aromatic N) is 1. The number of aliphatic hydroxyl groups is 1. The number of rotatable bonds is 2. The predicted octanol–water partition coefficient (Wildman–Crippen LogP) is 1.60. The zero-order valence-corrected chi connectivity index (χ0v) is 7.78. The van der Waals surface area contributed by atoms with E-state index in [1.54, 1.807) is 0 Å². The van der Waals surface area contributed by atoms with Gasteiger partial charge in [-0.05, 0) is 48.2 Å². The first-order valence-corrected chi connectivity index (χ1v) is 4.07. The van der Waals surface area contributed by atoms with Gasteiger partial charge >= 0.3 is 0 Å². The van der Waals surface area contributed by atoms with E-state index in [9.17, 15) is 0 Å². The van der Waals surface area contributed by atoms with E-state index in [-0.39, 0.29) is 6.61 Å². The minimum Gasteiger partial charge on any atom is -0.411 e. The van der Waals surface area contributed by atoms with Crippen LogP contribution >= 0.6 is 0 Å². The maximum Gasteiger partial charge on any atom is 0.0734 e. The van der Waals surface area contributed by atoms with Gasteiger partial charge in [0, 0.05) is 0 Å². The van der Waals surface area contributed by atoms with Crippen LogP contribution in [-0.4, -0.2) is 16.5 Å². The van der Waals surface area contributed by atoms with E-state index in [1.807, 2.05) is 26.0 Å². The zero-order valence-electron chi connectivity index (χ0n) is 7.78. The van der Waals surface area contributed by atoms with Gasteiger partial charge in [-0.25, -0.2) is 0 Å². The van der Waals surface area contributed by atoms with Crippen molar-refractivity contribution in [1.29, 1.82) is 0 Å². The highest BCUT2D eigenvalue weighted by Crippen LogP contribution is 2.15. The van der Waals surface area contributed by atoms with Crippen LogP contribution in [0.5, 0.6) is 0 Å². The monoisotopic (exact) mass is 179 g/mol. The summed E-state index contributed by atoms with van der Waals surface area (Å²) in [4.78, 5) is 0. The van der Waals surface area contributed by atoms with Gasteiger partial charge in [-0.1, -0.05) is 5.16 Å². The van der Waals surface area contributed by atoms with Crippen LogP contribution in [0.15, 0.2) is 17.3 Å². The van der Waals surface area contributed by atoms with Crippen molar-refractivity contribution >= 4 is 6.21 Å². The average molecular weight is 179 g/mol. The zero-order chi connectivity index (χ0) is 9.84. The van der Waals surface area contributed by atoms with E-state index in [0.29, 0.717) is 0 Å². The van der Waals surface area contributed by atoms with Crippen molar-refractivity contribution in [3.05, 3.63) is 34.4 Å². The molecule has 0 atom stereocenters. The molecule has 0 saturated heterocycles. The molecule has 0 heterocycles. The second-order valence-corrected chi connectivity index (χ2v) is 3.04. The Morgan fingerprint density at radius 3 is 2.23 bits per heavy atom. The molecule has 0 radical (unpaired) electrons. The molecule has 0 fully saturated rings. The summed E-state index contributed by atoms with van der Waals surface area (Å²) in [5, 5.41) is 20.3. The van der Waals surface area contributed by atoms with Crippen LogP contribution < -0.4 is 0 Å². The van der Waals surface area contributed by atoms with Crippen LogP contribution in [0.4, 0.5) is 0 Å². The first-order valence-electron chi connectivity index (χ1n) is 4.07. The lowest BCUT2D eigenvalue weighted by molar-refractivity contribution is 0.280. The summed E-state index contributed by atoms with van der Waals surface area (Å²) in [5.41, 5.74) is 3.81. The molecular weight excluding hydrogens is 166 g/mol. The lowest BCUT2D eigenvalue weighted by Crippen LogP contribution is -1.95. The third-order valence-corrected chi connectivity index (χ3v) is 2.08. The summed E-state index contributed by atoms with van der Waals surface area (Å²) in [7, 11) is 0. The molecule has 0 amide bonds. The highest BCUT2D eigenvalue weighted by Gasteiger charge is 2.02. The molecule has 1 rings (SSSR count). The molecule has 13 heavy (non-hydrogen) atoms. The van der Waals surface area contributed by atoms with E-state index in [1.165, 1.54) is 6.21 Å². The summed E-state index contributed by atoms with van der Waals surface area (Å²) in [5.74, 6) is 0. The minimum atomic E-state index is 0.0498. The second-order valence-electron chi connectivity index (χ2n) is 3.04. The number of benzene rings is 1. The second kappa shape index (κ2) is 4.05. The third kappa shape index (κ3) is 2.06. The molecule has 0 aromatic heterocycles. The topological polar surface area (TPSA) is 52.8 Å². The largest absolute Gasteiger partial charge is 0.411 e. The molecule has 2 N–H and O–H groups in total. The molecule has 0 aliphatic carbocycles. The Morgan fingerprint density at radius 1 is 1.31 bits per heavy atom. The minimum absolute atomic E-state index is 0.0498. The third-order valence-electron chi connectivity index (χ3n) is 2.08. The van der Waals surface area contributed by atoms with Crippen molar-refractivity contribution in [2.24, 2.45) is 5.16 Å². The molecule has 0 spiro atoms. The molecule has 3 nitrogen and oxygen atoms in total. The molecule has 1 aromatic rings. The van der Waals surface area contributed by atoms with E-state index in [2.05, 4.69) is 5.16 Å². The first kappa shape index (κ1) is 9.74. The summed E-state index contributed by atoms with van der Waals surface area (Å²) in [6.07, 6.45) is 1.38. The highest BCUT2D eigenvalue weighted by atomic mass is 16.4. The summed E-state index contributed by atoms with van der Waals surface area (Å²) in [6, 6.07) is 3.75. The van der Waals surface area contributed by atoms with Gasteiger partial charge in [-0.3, -0.25) is 0 Å². The van der Waals surface area contributed by atoms with Gasteiger partial charge in [0.1, 0.15) is 0 Å². The van der Waals surface area contributed by atoms with Crippen LogP contribution in [0.25, 0.3) is 0 Å². The van der Waals surface area contributed by atoms with Gasteiger partial charge in [-0.2, -0.15) is 0 Å². The van der Waals surface area contributed by atoms with Crippen LogP contribution in [0.1, 0.15) is 22.3 Å². The summed E-state index contributed by atoms with van der Waals surface area (Å²) in [6.45, 7) is 3.90. The van der Waals surface area contributed by atoms with Crippen molar-refractivity contribution in [3.8, 4) is 0 Å². The van der Waals surface area contributed by atoms with Crippen molar-refractivity contribution in [3.63, 3.8) is 0 Å². The van der Waals surface area contributed by atoms with E-state index >= 15 is 0 Å². The van der Waals surface area contributed by atoms with Crippen LogP contribution in [0.2, 0.25) is 0 Å². The Kier molecular flexibility index (Phi) is 3.03. The van der Waals surface area contributed by atoms with Crippen molar-refractivity contribution in [2.75, 3.05) is 0 Å². The van der Waals surface area contributed by atoms with Crippen LogP contribution in [0.3, 0.4) is 0 Å². The number of hydrogen-bond donors (Lipinski definition) is 2. The fraction of sp³-hybridized carbons (Fsp3) is 0.300. The number of aliphatic hydroxyl groups excluding tert-OH is 1. The lowest BCUT2D eigenvalue weighted by Gasteiger charge is -2.07. The SMILES string of the molecule is Cc1cc(/C=N/O)cc(C)c1CO. The van der Waals surface area contributed by atoms with Crippen molar-refractivity contribution in [1.82, 2.24) is 0 Å². The van der Waals surface area contributed by atoms with Crippen molar-refractivity contribution < 1.29 is 10.3 Å². The standard InChI is InChI=1S/C10H13NO2/c1-7-3-9(5-11-13)4-8(2)10(7)6-12/h3-5,12-13H,6H2,1-2H3/b11-5+. The smallest absolute Gasteiger partial charge is 0.0734 e. The van der Waals surface area contributed by atoms with Crippen LogP contribution in [-0.2, 0) is 6.61 Å². The molecule has 70 valence electrons. The van der Waals surface area contributed by atoms with Gasteiger partial charge < -0.3 is 10.3 Å². The van der Waals surface area contributed by atoms with Gasteiger partial charge in [0.2, 0.25) is 0 Å². The Bertz CT molecular complexity index is 309. The average Bonchev–Trinajstić information content (AvgIpc) is 2.04. The number of hydrogen-bond acceptors (Lipinski definition) is 3. The summed E-state index contributed by atoms with van der Waals surface area (Å²) >= 11 is 0. The molecule has 1 aromatic carbocycles. The Balaban J connectivity index is 3.20. The molecule has 3 heteroatoms. The highest BCUT2D eigenvalue weighted by molar-refractivity contribution is 5.80. The van der Waals surface area contributed by atoms with E-state index in [0.717, 1.165) is 22.3 Å². The fourth-order valence-corrected chi connectivity index (χ4v) is 1.42. The predicted molar refractivity (Wildman–Crippen MR) is 51.2 cm³/mol. The van der Waals surface area contributed by atoms with Gasteiger partial charge in [0.15, 0.2) is 0 Å². The maximum atomic E-state index is 9.04. The molecule has 0 saturated carbocycles. The van der Waals surface area contributed by atoms with Gasteiger partial charge in [-0.15, -0.1) is 0 Å². The normalized spacial score (nSPS) is 11.0. The number of oxime groups is 1. The number of aryl methyl sites for hydroxylation is 2. The maximum absolute atomic E-state index is 9.04. The van der Waals surface area contributed by atoms with E-state index in [4.69, 9.17) is 10.3 Å². The van der Waals surface area contributed by atoms with Crippen LogP contribution in [0, 0.1) is 13.8 Å². The molecule has 0 bridgehead atoms. The van der Waals surface area contributed by atoms with Gasteiger partial charge in [0.25, 0.3) is 0 Å². The molecule has 0 aliphatic heterocycles. The lowest BCUT2D eigenvalue weighted by atomic mass is 10.0. The van der Waals surface area contributed by atoms with Crippen molar-refractivity contribution in [2.45, 2.75) is 20.5 Å². The molecule has 0 aliphatic rings. The fourth-order valence-electron chi connectivity index (χ4n) is 1.42. The van der Waals surface area contributed by atoms with Gasteiger partial charge in [0.05, 0.1) is 12.8 Å². The first-order chi connectivity index (χ1) is 6.19. The molecule has 0 unspecified atom stereocenters. The Labute approximate surface area is 77.3 Å². The molecular formula is C10H13NO2. The quantitative estimate of drug-likeness (QED) is 0.411. The summed E-state index contributed by atoms with van der Waals surface area (Å²) < 4.78 is 0. The Morgan fingerprint density at radius 2 is 1.85 bits per heavy atom. The van der Waals surface area contributed by atoms with E-state index < -0.39 is 0 Å². The Hall–Kier alpha value is -1.35.